The number of aryl methyl sites for hydroxylation is 2. The standard InChI is InChI=1S/C18H21N5S/c1-3-12-8-7-9-13(4-2)16(12)21-18(24)23-22-17-19-14-10-5-6-11-15(14)20-17/h5-11H,3-4H2,1-2H3,(H2,19,20,22)(H2,21,23,24). The van der Waals surface area contributed by atoms with Crippen LogP contribution in [0.1, 0.15) is 25.0 Å². The number of H-pyrrole nitrogens is 1. The fourth-order valence-corrected chi connectivity index (χ4v) is 2.83. The lowest BCUT2D eigenvalue weighted by molar-refractivity contribution is 1.06. The number of aromatic amines is 1. The summed E-state index contributed by atoms with van der Waals surface area (Å²) in [6.07, 6.45) is 1.91. The van der Waals surface area contributed by atoms with Crippen LogP contribution in [-0.2, 0) is 12.8 Å². The zero-order valence-electron chi connectivity index (χ0n) is 13.8. The van der Waals surface area contributed by atoms with Crippen molar-refractivity contribution in [2.45, 2.75) is 26.7 Å². The highest BCUT2D eigenvalue weighted by Gasteiger charge is 2.08. The molecule has 24 heavy (non-hydrogen) atoms. The summed E-state index contributed by atoms with van der Waals surface area (Å²) in [5.41, 5.74) is 11.5. The monoisotopic (exact) mass is 339 g/mol. The summed E-state index contributed by atoms with van der Waals surface area (Å²) in [5, 5.41) is 3.81. The van der Waals surface area contributed by atoms with E-state index in [0.29, 0.717) is 11.1 Å². The predicted octanol–water partition coefficient (Wildman–Crippen LogP) is 4.00. The fraction of sp³-hybridized carbons (Fsp3) is 0.222. The van der Waals surface area contributed by atoms with Crippen molar-refractivity contribution in [2.75, 3.05) is 10.7 Å². The lowest BCUT2D eigenvalue weighted by Gasteiger charge is -2.17. The molecule has 1 heterocycles. The minimum atomic E-state index is 0.506. The summed E-state index contributed by atoms with van der Waals surface area (Å²) >= 11 is 5.40. The molecule has 0 unspecified atom stereocenters. The Kier molecular flexibility index (Phi) is 4.96. The molecule has 5 nitrogen and oxygen atoms in total. The van der Waals surface area contributed by atoms with Gasteiger partial charge in [-0.1, -0.05) is 44.2 Å². The second kappa shape index (κ2) is 7.31. The van der Waals surface area contributed by atoms with Crippen LogP contribution in [0.3, 0.4) is 0 Å². The molecule has 0 amide bonds. The van der Waals surface area contributed by atoms with Gasteiger partial charge in [-0.25, -0.2) is 4.98 Å². The molecular weight excluding hydrogens is 318 g/mol. The molecule has 4 N–H and O–H groups in total. The molecule has 0 saturated heterocycles. The lowest BCUT2D eigenvalue weighted by atomic mass is 10.0. The number of nitrogens with zero attached hydrogens (tertiary/aromatic N) is 1. The number of rotatable bonds is 5. The van der Waals surface area contributed by atoms with E-state index in [9.17, 15) is 0 Å². The molecule has 0 saturated carbocycles. The molecule has 1 aromatic heterocycles. The Morgan fingerprint density at radius 1 is 1.04 bits per heavy atom. The number of para-hydroxylation sites is 3. The van der Waals surface area contributed by atoms with Gasteiger partial charge in [-0.15, -0.1) is 0 Å². The molecule has 0 aliphatic carbocycles. The van der Waals surface area contributed by atoms with E-state index in [0.717, 1.165) is 29.6 Å². The predicted molar refractivity (Wildman–Crippen MR) is 104 cm³/mol. The largest absolute Gasteiger partial charge is 0.331 e. The summed E-state index contributed by atoms with van der Waals surface area (Å²) in [4.78, 5) is 7.63. The first kappa shape index (κ1) is 16.3. The quantitative estimate of drug-likeness (QED) is 0.418. The van der Waals surface area contributed by atoms with Crippen molar-refractivity contribution in [2.24, 2.45) is 0 Å². The zero-order chi connectivity index (χ0) is 16.9. The SMILES string of the molecule is CCc1cccc(CC)c1NC(=S)NNc1nc2ccccc2[nH]1. The first-order valence-electron chi connectivity index (χ1n) is 8.09. The van der Waals surface area contributed by atoms with E-state index >= 15 is 0 Å². The fourth-order valence-electron chi connectivity index (χ4n) is 2.68. The van der Waals surface area contributed by atoms with Gasteiger partial charge in [0.2, 0.25) is 5.95 Å². The van der Waals surface area contributed by atoms with Gasteiger partial charge in [-0.2, -0.15) is 0 Å². The van der Waals surface area contributed by atoms with Gasteiger partial charge in [0.1, 0.15) is 0 Å². The maximum atomic E-state index is 5.40. The summed E-state index contributed by atoms with van der Waals surface area (Å²) in [6, 6.07) is 14.2. The van der Waals surface area contributed by atoms with E-state index in [1.54, 1.807) is 0 Å². The van der Waals surface area contributed by atoms with Crippen molar-refractivity contribution in [1.29, 1.82) is 0 Å². The number of fused-ring (bicyclic) bond motifs is 1. The van der Waals surface area contributed by atoms with Gasteiger partial charge in [0.05, 0.1) is 11.0 Å². The molecule has 2 aromatic carbocycles. The Hall–Kier alpha value is -2.60. The van der Waals surface area contributed by atoms with Crippen LogP contribution in [0.5, 0.6) is 0 Å². The first-order valence-corrected chi connectivity index (χ1v) is 8.50. The molecule has 3 aromatic rings. The van der Waals surface area contributed by atoms with Crippen LogP contribution >= 0.6 is 12.2 Å². The summed E-state index contributed by atoms with van der Waals surface area (Å²) in [7, 11) is 0. The van der Waals surface area contributed by atoms with Crippen molar-refractivity contribution in [1.82, 2.24) is 15.4 Å². The van der Waals surface area contributed by atoms with Gasteiger partial charge >= 0.3 is 0 Å². The van der Waals surface area contributed by atoms with E-state index < -0.39 is 0 Å². The third-order valence-corrected chi connectivity index (χ3v) is 4.13. The number of hydrazine groups is 1. The number of benzene rings is 2. The summed E-state index contributed by atoms with van der Waals surface area (Å²) in [6.45, 7) is 4.28. The number of hydrogen-bond donors (Lipinski definition) is 4. The molecule has 0 spiro atoms. The molecule has 0 radical (unpaired) electrons. The van der Waals surface area contributed by atoms with E-state index in [1.807, 2.05) is 24.3 Å². The first-order chi connectivity index (χ1) is 11.7. The Morgan fingerprint density at radius 3 is 2.42 bits per heavy atom. The Labute approximate surface area is 146 Å². The highest BCUT2D eigenvalue weighted by atomic mass is 32.1. The third-order valence-electron chi connectivity index (χ3n) is 3.92. The van der Waals surface area contributed by atoms with Crippen LogP contribution in [0.25, 0.3) is 11.0 Å². The second-order valence-corrected chi connectivity index (χ2v) is 5.87. The van der Waals surface area contributed by atoms with Gasteiger partial charge in [-0.3, -0.25) is 10.9 Å². The van der Waals surface area contributed by atoms with Crippen LogP contribution in [0, 0.1) is 0 Å². The molecular formula is C18H21N5S. The Morgan fingerprint density at radius 2 is 1.75 bits per heavy atom. The van der Waals surface area contributed by atoms with Crippen molar-refractivity contribution in [3.05, 3.63) is 53.6 Å². The van der Waals surface area contributed by atoms with Crippen LogP contribution in [0.15, 0.2) is 42.5 Å². The van der Waals surface area contributed by atoms with Crippen molar-refractivity contribution in [3.63, 3.8) is 0 Å². The molecule has 3 rings (SSSR count). The average molecular weight is 339 g/mol. The normalized spacial score (nSPS) is 10.6. The zero-order valence-corrected chi connectivity index (χ0v) is 14.6. The van der Waals surface area contributed by atoms with Gasteiger partial charge in [0.25, 0.3) is 0 Å². The number of thiocarbonyl (C=S) groups is 1. The smallest absolute Gasteiger partial charge is 0.220 e. The van der Waals surface area contributed by atoms with Gasteiger partial charge in [0, 0.05) is 5.69 Å². The summed E-state index contributed by atoms with van der Waals surface area (Å²) in [5.74, 6) is 0.625. The molecule has 0 fully saturated rings. The Bertz CT molecular complexity index is 800. The molecule has 0 aliphatic heterocycles. The minimum absolute atomic E-state index is 0.506. The van der Waals surface area contributed by atoms with Crippen molar-refractivity contribution < 1.29 is 0 Å². The highest BCUT2D eigenvalue weighted by Crippen LogP contribution is 2.22. The van der Waals surface area contributed by atoms with Gasteiger partial charge in [0.15, 0.2) is 5.11 Å². The maximum Gasteiger partial charge on any atom is 0.220 e. The number of nitrogens with one attached hydrogen (secondary N) is 4. The lowest BCUT2D eigenvalue weighted by Crippen LogP contribution is -2.34. The van der Waals surface area contributed by atoms with Crippen LogP contribution in [0.4, 0.5) is 11.6 Å². The molecule has 6 heteroatoms. The van der Waals surface area contributed by atoms with Crippen LogP contribution in [0.2, 0.25) is 0 Å². The average Bonchev–Trinajstić information content (AvgIpc) is 3.03. The van der Waals surface area contributed by atoms with Gasteiger partial charge in [-0.05, 0) is 48.3 Å². The number of aromatic nitrogens is 2. The van der Waals surface area contributed by atoms with E-state index in [-0.39, 0.29) is 0 Å². The molecule has 0 aliphatic rings. The second-order valence-electron chi connectivity index (χ2n) is 5.47. The van der Waals surface area contributed by atoms with Crippen LogP contribution in [-0.4, -0.2) is 15.1 Å². The Balaban J connectivity index is 1.68. The topological polar surface area (TPSA) is 64.8 Å². The number of anilines is 2. The van der Waals surface area contributed by atoms with Crippen molar-refractivity contribution in [3.8, 4) is 0 Å². The van der Waals surface area contributed by atoms with E-state index in [4.69, 9.17) is 12.2 Å². The van der Waals surface area contributed by atoms with Gasteiger partial charge < -0.3 is 10.3 Å². The third kappa shape index (κ3) is 3.49. The molecule has 0 atom stereocenters. The minimum Gasteiger partial charge on any atom is -0.331 e. The maximum absolute atomic E-state index is 5.40. The molecule has 0 bridgehead atoms. The van der Waals surface area contributed by atoms with Crippen LogP contribution < -0.4 is 16.2 Å². The summed E-state index contributed by atoms with van der Waals surface area (Å²) < 4.78 is 0. The van der Waals surface area contributed by atoms with Crippen molar-refractivity contribution >= 4 is 40.0 Å². The van der Waals surface area contributed by atoms with E-state index in [2.05, 4.69) is 58.2 Å². The highest BCUT2D eigenvalue weighted by molar-refractivity contribution is 7.80. The number of imidazole rings is 1. The number of hydrogen-bond acceptors (Lipinski definition) is 3. The molecule has 124 valence electrons. The van der Waals surface area contributed by atoms with E-state index in [1.165, 1.54) is 11.1 Å².